The summed E-state index contributed by atoms with van der Waals surface area (Å²) in [6.45, 7) is 6.73. The zero-order valence-corrected chi connectivity index (χ0v) is 12.0. The molecule has 0 aliphatic heterocycles. The fourth-order valence-electron chi connectivity index (χ4n) is 2.07. The van der Waals surface area contributed by atoms with Crippen molar-refractivity contribution in [3.63, 3.8) is 0 Å². The van der Waals surface area contributed by atoms with Gasteiger partial charge >= 0.3 is 5.97 Å². The van der Waals surface area contributed by atoms with Crippen LogP contribution in [0, 0.1) is 13.8 Å². The minimum Gasteiger partial charge on any atom is -0.456 e. The van der Waals surface area contributed by atoms with Crippen LogP contribution in [0.15, 0.2) is 24.3 Å². The molecule has 0 amide bonds. The number of esters is 1. The minimum absolute atomic E-state index is 0.210. The summed E-state index contributed by atoms with van der Waals surface area (Å²) in [7, 11) is 0. The number of aromatic nitrogens is 2. The van der Waals surface area contributed by atoms with E-state index in [2.05, 4.69) is 5.10 Å². The number of hydrogen-bond donors (Lipinski definition) is 1. The Balaban J connectivity index is 2.10. The van der Waals surface area contributed by atoms with Crippen molar-refractivity contribution < 1.29 is 9.53 Å². The van der Waals surface area contributed by atoms with Crippen LogP contribution in [0.4, 0.5) is 5.69 Å². The average molecular weight is 273 g/mol. The van der Waals surface area contributed by atoms with Gasteiger partial charge in [0.2, 0.25) is 0 Å². The van der Waals surface area contributed by atoms with Crippen molar-refractivity contribution in [3.8, 4) is 0 Å². The van der Waals surface area contributed by atoms with E-state index < -0.39 is 0 Å². The predicted octanol–water partition coefficient (Wildman–Crippen LogP) is 2.46. The number of anilines is 1. The highest BCUT2D eigenvalue weighted by atomic mass is 16.5. The normalized spacial score (nSPS) is 10.6. The number of nitrogens with zero attached hydrogens (tertiary/aromatic N) is 2. The molecule has 0 atom stereocenters. The van der Waals surface area contributed by atoms with Gasteiger partial charge in [0.05, 0.1) is 17.0 Å². The number of nitrogens with two attached hydrogens (primary N) is 1. The van der Waals surface area contributed by atoms with Crippen molar-refractivity contribution in [1.29, 1.82) is 0 Å². The fourth-order valence-corrected chi connectivity index (χ4v) is 2.07. The Bertz CT molecular complexity index is 632. The summed E-state index contributed by atoms with van der Waals surface area (Å²) < 4.78 is 7.18. The van der Waals surface area contributed by atoms with Gasteiger partial charge in [-0.15, -0.1) is 0 Å². The van der Waals surface area contributed by atoms with Crippen LogP contribution >= 0.6 is 0 Å². The summed E-state index contributed by atoms with van der Waals surface area (Å²) in [5.74, 6) is -0.365. The van der Waals surface area contributed by atoms with Crippen molar-refractivity contribution in [3.05, 3.63) is 46.8 Å². The van der Waals surface area contributed by atoms with Crippen molar-refractivity contribution in [2.45, 2.75) is 33.9 Å². The summed E-state index contributed by atoms with van der Waals surface area (Å²) in [4.78, 5) is 12.1. The van der Waals surface area contributed by atoms with Crippen molar-refractivity contribution in [2.75, 3.05) is 5.73 Å². The second kappa shape index (κ2) is 5.77. The van der Waals surface area contributed by atoms with Crippen LogP contribution in [-0.2, 0) is 17.9 Å². The third-order valence-electron chi connectivity index (χ3n) is 3.12. The molecule has 106 valence electrons. The maximum Gasteiger partial charge on any atom is 0.338 e. The summed E-state index contributed by atoms with van der Waals surface area (Å²) in [6, 6.07) is 7.14. The zero-order valence-electron chi connectivity index (χ0n) is 12.0. The number of ether oxygens (including phenoxy) is 1. The predicted molar refractivity (Wildman–Crippen MR) is 77.3 cm³/mol. The number of hydrogen-bond acceptors (Lipinski definition) is 4. The Hall–Kier alpha value is -2.30. The lowest BCUT2D eigenvalue weighted by Gasteiger charge is -2.09. The van der Waals surface area contributed by atoms with E-state index in [1.807, 2.05) is 37.6 Å². The molecule has 2 aromatic rings. The van der Waals surface area contributed by atoms with Crippen LogP contribution in [0.1, 0.15) is 34.2 Å². The third kappa shape index (κ3) is 2.99. The van der Waals surface area contributed by atoms with Crippen molar-refractivity contribution in [1.82, 2.24) is 9.78 Å². The topological polar surface area (TPSA) is 70.1 Å². The number of carbonyl (C=O) groups is 1. The van der Waals surface area contributed by atoms with Gasteiger partial charge in [-0.1, -0.05) is 6.07 Å². The molecule has 2 N–H and O–H groups in total. The van der Waals surface area contributed by atoms with Crippen LogP contribution in [0.25, 0.3) is 0 Å². The first-order chi connectivity index (χ1) is 9.51. The Kier molecular flexibility index (Phi) is 4.08. The molecule has 0 aliphatic rings. The fraction of sp³-hybridized carbons (Fsp3) is 0.333. The maximum atomic E-state index is 12.1. The molecule has 5 heteroatoms. The van der Waals surface area contributed by atoms with Gasteiger partial charge in [-0.05, 0) is 44.5 Å². The van der Waals surface area contributed by atoms with Gasteiger partial charge in [0, 0.05) is 12.2 Å². The molecule has 5 nitrogen and oxygen atoms in total. The SMILES string of the molecule is CCn1nc(C)cc1COC(=O)c1cc(N)ccc1C. The monoisotopic (exact) mass is 273 g/mol. The summed E-state index contributed by atoms with van der Waals surface area (Å²) in [5, 5.41) is 4.32. The third-order valence-corrected chi connectivity index (χ3v) is 3.12. The van der Waals surface area contributed by atoms with Gasteiger partial charge in [-0.25, -0.2) is 4.79 Å². The van der Waals surface area contributed by atoms with Crippen LogP contribution in [0.2, 0.25) is 0 Å². The molecule has 20 heavy (non-hydrogen) atoms. The van der Waals surface area contributed by atoms with E-state index >= 15 is 0 Å². The minimum atomic E-state index is -0.365. The quantitative estimate of drug-likeness (QED) is 0.686. The summed E-state index contributed by atoms with van der Waals surface area (Å²) in [6.07, 6.45) is 0. The van der Waals surface area contributed by atoms with Gasteiger partial charge in [0.1, 0.15) is 6.61 Å². The standard InChI is InChI=1S/C15H19N3O2/c1-4-18-13(7-11(3)17-18)9-20-15(19)14-8-12(16)6-5-10(14)2/h5-8H,4,9,16H2,1-3H3. The molecule has 0 fully saturated rings. The van der Waals surface area contributed by atoms with E-state index in [9.17, 15) is 4.79 Å². The molecule has 0 saturated carbocycles. The molecular formula is C15H19N3O2. The highest BCUT2D eigenvalue weighted by Crippen LogP contribution is 2.15. The number of carbonyl (C=O) groups excluding carboxylic acids is 1. The van der Waals surface area contributed by atoms with Crippen LogP contribution in [-0.4, -0.2) is 15.7 Å². The molecule has 1 aromatic heterocycles. The second-order valence-electron chi connectivity index (χ2n) is 4.74. The first-order valence-corrected chi connectivity index (χ1v) is 6.58. The van der Waals surface area contributed by atoms with Crippen LogP contribution in [0.5, 0.6) is 0 Å². The molecule has 0 radical (unpaired) electrons. The lowest BCUT2D eigenvalue weighted by Crippen LogP contribution is -2.10. The molecule has 0 spiro atoms. The molecule has 1 heterocycles. The Morgan fingerprint density at radius 2 is 2.10 bits per heavy atom. The van der Waals surface area contributed by atoms with E-state index in [4.69, 9.17) is 10.5 Å². The molecule has 1 aromatic carbocycles. The highest BCUT2D eigenvalue weighted by Gasteiger charge is 2.13. The van der Waals surface area contributed by atoms with Gasteiger partial charge in [0.25, 0.3) is 0 Å². The second-order valence-corrected chi connectivity index (χ2v) is 4.74. The molecule has 0 saturated heterocycles. The molecule has 0 unspecified atom stereocenters. The molecule has 2 rings (SSSR count). The average Bonchev–Trinajstić information content (AvgIpc) is 2.79. The Morgan fingerprint density at radius 1 is 1.35 bits per heavy atom. The number of benzene rings is 1. The van der Waals surface area contributed by atoms with Gasteiger partial charge in [-0.2, -0.15) is 5.10 Å². The molecule has 0 bridgehead atoms. The maximum absolute atomic E-state index is 12.1. The highest BCUT2D eigenvalue weighted by molar-refractivity contribution is 5.92. The van der Waals surface area contributed by atoms with Gasteiger partial charge in [0.15, 0.2) is 0 Å². The number of nitrogen functional groups attached to an aromatic ring is 1. The zero-order chi connectivity index (χ0) is 14.7. The van der Waals surface area contributed by atoms with Crippen molar-refractivity contribution >= 4 is 11.7 Å². The van der Waals surface area contributed by atoms with Crippen LogP contribution < -0.4 is 5.73 Å². The Labute approximate surface area is 118 Å². The lowest BCUT2D eigenvalue weighted by atomic mass is 10.1. The first kappa shape index (κ1) is 14.1. The lowest BCUT2D eigenvalue weighted by molar-refractivity contribution is 0.0461. The Morgan fingerprint density at radius 3 is 2.80 bits per heavy atom. The molecule has 0 aliphatic carbocycles. The van der Waals surface area contributed by atoms with E-state index in [0.29, 0.717) is 11.3 Å². The first-order valence-electron chi connectivity index (χ1n) is 6.58. The van der Waals surface area contributed by atoms with E-state index in [-0.39, 0.29) is 12.6 Å². The van der Waals surface area contributed by atoms with E-state index in [0.717, 1.165) is 23.5 Å². The summed E-state index contributed by atoms with van der Waals surface area (Å²) in [5.41, 5.74) is 9.41. The summed E-state index contributed by atoms with van der Waals surface area (Å²) >= 11 is 0. The number of aryl methyl sites for hydroxylation is 3. The molecular weight excluding hydrogens is 254 g/mol. The van der Waals surface area contributed by atoms with Crippen molar-refractivity contribution in [2.24, 2.45) is 0 Å². The van der Waals surface area contributed by atoms with E-state index in [1.54, 1.807) is 12.1 Å². The van der Waals surface area contributed by atoms with E-state index in [1.165, 1.54) is 0 Å². The van der Waals surface area contributed by atoms with Crippen LogP contribution in [0.3, 0.4) is 0 Å². The largest absolute Gasteiger partial charge is 0.456 e. The number of rotatable bonds is 4. The smallest absolute Gasteiger partial charge is 0.338 e. The van der Waals surface area contributed by atoms with Gasteiger partial charge in [-0.3, -0.25) is 4.68 Å². The van der Waals surface area contributed by atoms with Gasteiger partial charge < -0.3 is 10.5 Å².